The maximum absolute atomic E-state index is 14.5. The first-order chi connectivity index (χ1) is 19.7. The lowest BCUT2D eigenvalue weighted by Crippen LogP contribution is -2.51. The maximum Gasteiger partial charge on any atom is 0.280 e. The molecule has 2 aliphatic heterocycles. The van der Waals surface area contributed by atoms with Gasteiger partial charge in [-0.25, -0.2) is 4.98 Å². The van der Waals surface area contributed by atoms with Crippen LogP contribution < -0.4 is 15.0 Å². The number of aromatic nitrogens is 4. The van der Waals surface area contributed by atoms with E-state index < -0.39 is 11.4 Å². The monoisotopic (exact) mass is 568 g/mol. The van der Waals surface area contributed by atoms with Gasteiger partial charge in [0.05, 0.1) is 34.8 Å². The molecule has 1 fully saturated rings. The Labute approximate surface area is 242 Å². The number of pyridine rings is 2. The van der Waals surface area contributed by atoms with Crippen LogP contribution in [0.4, 0.5) is 11.4 Å². The SMILES string of the molecule is COc1cc(C2CC2)ncc1-c1nc2c(n1C(C)C)C1(C(=O)Nc3cc(C)ccc31)N(c1cc(Cl)cnc1C)C2=O. The van der Waals surface area contributed by atoms with Gasteiger partial charge in [0, 0.05) is 47.4 Å². The molecule has 0 saturated heterocycles. The average molecular weight is 569 g/mol. The molecule has 3 aliphatic rings. The molecule has 4 aromatic rings. The summed E-state index contributed by atoms with van der Waals surface area (Å²) in [6.07, 6.45) is 5.53. The quantitative estimate of drug-likeness (QED) is 0.320. The van der Waals surface area contributed by atoms with Gasteiger partial charge >= 0.3 is 0 Å². The van der Waals surface area contributed by atoms with Gasteiger partial charge in [-0.2, -0.15) is 0 Å². The molecule has 9 nitrogen and oxygen atoms in total. The molecule has 3 aromatic heterocycles. The highest BCUT2D eigenvalue weighted by atomic mass is 35.5. The second kappa shape index (κ2) is 8.88. The van der Waals surface area contributed by atoms with Crippen LogP contribution in [0.25, 0.3) is 11.4 Å². The van der Waals surface area contributed by atoms with Crippen LogP contribution in [0, 0.1) is 13.8 Å². The Morgan fingerprint density at radius 1 is 1.10 bits per heavy atom. The highest BCUT2D eigenvalue weighted by Crippen LogP contribution is 2.55. The van der Waals surface area contributed by atoms with Crippen LogP contribution in [0.15, 0.2) is 42.7 Å². The molecule has 0 radical (unpaired) electrons. The fourth-order valence-electron chi connectivity index (χ4n) is 6.26. The number of fused-ring (bicyclic) bond motifs is 4. The molecule has 10 heteroatoms. The molecule has 7 rings (SSSR count). The number of hydrogen-bond donors (Lipinski definition) is 1. The zero-order chi connectivity index (χ0) is 28.8. The van der Waals surface area contributed by atoms with Gasteiger partial charge in [-0.05, 0) is 58.2 Å². The van der Waals surface area contributed by atoms with Gasteiger partial charge < -0.3 is 14.6 Å². The van der Waals surface area contributed by atoms with Gasteiger partial charge in [0.2, 0.25) is 0 Å². The minimum absolute atomic E-state index is 0.167. The number of rotatable bonds is 5. The summed E-state index contributed by atoms with van der Waals surface area (Å²) in [7, 11) is 1.62. The van der Waals surface area contributed by atoms with Gasteiger partial charge in [-0.3, -0.25) is 24.5 Å². The van der Waals surface area contributed by atoms with Gasteiger partial charge in [0.25, 0.3) is 11.8 Å². The summed E-state index contributed by atoms with van der Waals surface area (Å²) in [6.45, 7) is 7.79. The van der Waals surface area contributed by atoms with E-state index in [1.165, 1.54) is 11.1 Å². The number of amides is 2. The van der Waals surface area contributed by atoms with Crippen LogP contribution in [-0.2, 0) is 10.3 Å². The molecule has 1 spiro atoms. The number of nitrogens with zero attached hydrogens (tertiary/aromatic N) is 5. The molecule has 1 atom stereocenters. The van der Waals surface area contributed by atoms with Crippen LogP contribution in [0.1, 0.15) is 77.3 Å². The zero-order valence-electron chi connectivity index (χ0n) is 23.4. The number of carbonyl (C=O) groups excluding carboxylic acids is 2. The first-order valence-corrected chi connectivity index (χ1v) is 14.1. The lowest BCUT2D eigenvalue weighted by atomic mass is 9.86. The summed E-state index contributed by atoms with van der Waals surface area (Å²) in [5, 5.41) is 3.43. The Morgan fingerprint density at radius 3 is 2.59 bits per heavy atom. The van der Waals surface area contributed by atoms with Crippen molar-refractivity contribution < 1.29 is 14.3 Å². The Morgan fingerprint density at radius 2 is 1.88 bits per heavy atom. The van der Waals surface area contributed by atoms with Crippen molar-refractivity contribution >= 4 is 34.8 Å². The number of aryl methyl sites for hydroxylation is 2. The van der Waals surface area contributed by atoms with Crippen molar-refractivity contribution in [3.05, 3.63) is 81.7 Å². The summed E-state index contributed by atoms with van der Waals surface area (Å²) in [5.41, 5.74) is 4.15. The molecule has 2 amide bonds. The van der Waals surface area contributed by atoms with Crippen molar-refractivity contribution in [3.63, 3.8) is 0 Å². The van der Waals surface area contributed by atoms with E-state index in [0.29, 0.717) is 56.4 Å². The molecule has 1 aromatic carbocycles. The van der Waals surface area contributed by atoms with Crippen molar-refractivity contribution in [2.24, 2.45) is 0 Å². The minimum Gasteiger partial charge on any atom is -0.496 e. The van der Waals surface area contributed by atoms with E-state index in [-0.39, 0.29) is 17.6 Å². The molecular weight excluding hydrogens is 540 g/mol. The fourth-order valence-corrected chi connectivity index (χ4v) is 6.41. The third-order valence-electron chi connectivity index (χ3n) is 8.26. The number of carbonyl (C=O) groups is 2. The first kappa shape index (κ1) is 25.7. The summed E-state index contributed by atoms with van der Waals surface area (Å²) in [5.74, 6) is 0.860. The summed E-state index contributed by atoms with van der Waals surface area (Å²) in [6, 6.07) is 9.26. The predicted octanol–water partition coefficient (Wildman–Crippen LogP) is 5.93. The molecule has 1 N–H and O–H groups in total. The Hall–Kier alpha value is -4.24. The van der Waals surface area contributed by atoms with Crippen molar-refractivity contribution in [1.82, 2.24) is 19.5 Å². The molecule has 0 bridgehead atoms. The molecule has 208 valence electrons. The number of benzene rings is 1. The number of hydrogen-bond acceptors (Lipinski definition) is 6. The van der Waals surface area contributed by atoms with Crippen molar-refractivity contribution in [2.75, 3.05) is 17.3 Å². The van der Waals surface area contributed by atoms with E-state index in [2.05, 4.69) is 10.3 Å². The zero-order valence-corrected chi connectivity index (χ0v) is 24.2. The number of nitrogens with one attached hydrogen (secondary N) is 1. The Bertz CT molecular complexity index is 1790. The second-order valence-corrected chi connectivity index (χ2v) is 11.7. The van der Waals surface area contributed by atoms with Crippen LogP contribution in [-0.4, -0.2) is 38.4 Å². The maximum atomic E-state index is 14.5. The van der Waals surface area contributed by atoms with E-state index in [1.54, 1.807) is 26.3 Å². The minimum atomic E-state index is -1.53. The number of halogens is 1. The smallest absolute Gasteiger partial charge is 0.280 e. The summed E-state index contributed by atoms with van der Waals surface area (Å²) < 4.78 is 7.79. The van der Waals surface area contributed by atoms with Crippen molar-refractivity contribution in [2.45, 2.75) is 58.0 Å². The molecule has 1 unspecified atom stereocenters. The molecule has 5 heterocycles. The molecule has 41 heavy (non-hydrogen) atoms. The molecule has 1 saturated carbocycles. The van der Waals surface area contributed by atoms with E-state index >= 15 is 0 Å². The first-order valence-electron chi connectivity index (χ1n) is 13.7. The number of ether oxygens (including phenoxy) is 1. The highest BCUT2D eigenvalue weighted by Gasteiger charge is 2.64. The topological polar surface area (TPSA) is 102 Å². The summed E-state index contributed by atoms with van der Waals surface area (Å²) in [4.78, 5) is 44.5. The molecule has 1 aliphatic carbocycles. The van der Waals surface area contributed by atoms with Gasteiger partial charge in [0.15, 0.2) is 11.2 Å². The second-order valence-electron chi connectivity index (χ2n) is 11.3. The highest BCUT2D eigenvalue weighted by molar-refractivity contribution is 6.31. The van der Waals surface area contributed by atoms with Crippen LogP contribution in [0.5, 0.6) is 5.75 Å². The van der Waals surface area contributed by atoms with Gasteiger partial charge in [0.1, 0.15) is 11.6 Å². The largest absolute Gasteiger partial charge is 0.496 e. The van der Waals surface area contributed by atoms with Crippen LogP contribution in [0.2, 0.25) is 5.02 Å². The predicted molar refractivity (Wildman–Crippen MR) is 156 cm³/mol. The van der Waals surface area contributed by atoms with E-state index in [9.17, 15) is 9.59 Å². The normalized spacial score (nSPS) is 19.2. The van der Waals surface area contributed by atoms with Crippen molar-refractivity contribution in [3.8, 4) is 17.1 Å². The molecular formula is C31H29ClN6O3. The third-order valence-corrected chi connectivity index (χ3v) is 8.47. The van der Waals surface area contributed by atoms with E-state index in [4.69, 9.17) is 26.3 Å². The number of imidazole rings is 1. The third kappa shape index (κ3) is 3.51. The van der Waals surface area contributed by atoms with Gasteiger partial charge in [-0.1, -0.05) is 23.7 Å². The standard InChI is InChI=1S/C31H29ClN6O3/c1-15(2)37-27-26(36-28(37)20-14-34-22(18-7-8-18)12-25(20)41-5)29(39)38(24-11-19(32)13-33-17(24)4)31(27)21-9-6-16(3)10-23(21)35-30(31)40/h6,9-15,18H,7-8H2,1-5H3,(H,35,40). The number of methoxy groups -OCH3 is 1. The van der Waals surface area contributed by atoms with Crippen molar-refractivity contribution in [1.29, 1.82) is 0 Å². The van der Waals surface area contributed by atoms with E-state index in [1.807, 2.05) is 49.6 Å². The van der Waals surface area contributed by atoms with Crippen LogP contribution >= 0.6 is 11.6 Å². The van der Waals surface area contributed by atoms with Crippen LogP contribution in [0.3, 0.4) is 0 Å². The lowest BCUT2D eigenvalue weighted by molar-refractivity contribution is -0.119. The summed E-state index contributed by atoms with van der Waals surface area (Å²) >= 11 is 6.40. The Kier molecular flexibility index (Phi) is 5.57. The van der Waals surface area contributed by atoms with Gasteiger partial charge in [-0.15, -0.1) is 0 Å². The fraction of sp³-hybridized carbons (Fsp3) is 0.323. The average Bonchev–Trinajstić information content (AvgIpc) is 3.59. The Balaban J connectivity index is 1.55. The number of anilines is 2. The lowest BCUT2D eigenvalue weighted by Gasteiger charge is -2.36. The van der Waals surface area contributed by atoms with E-state index in [0.717, 1.165) is 24.1 Å².